The molecule has 0 saturated carbocycles. The lowest BCUT2D eigenvalue weighted by Gasteiger charge is -2.31. The fourth-order valence-corrected chi connectivity index (χ4v) is 3.15. The summed E-state index contributed by atoms with van der Waals surface area (Å²) in [6, 6.07) is 4.14. The maximum absolute atomic E-state index is 5.17. The fourth-order valence-electron chi connectivity index (χ4n) is 3.15. The van der Waals surface area contributed by atoms with Crippen molar-refractivity contribution in [3.05, 3.63) is 29.3 Å². The van der Waals surface area contributed by atoms with E-state index in [2.05, 4.69) is 31.1 Å². The van der Waals surface area contributed by atoms with Crippen LogP contribution in [0, 0.1) is 13.8 Å². The van der Waals surface area contributed by atoms with Crippen molar-refractivity contribution in [2.24, 2.45) is 0 Å². The van der Waals surface area contributed by atoms with E-state index in [0.29, 0.717) is 5.92 Å². The highest BCUT2D eigenvalue weighted by Gasteiger charge is 2.22. The Morgan fingerprint density at radius 2 is 1.96 bits per heavy atom. The Hall–Kier alpha value is -1.79. The zero-order valence-electron chi connectivity index (χ0n) is 14.2. The minimum atomic E-state index is 0.509. The smallest absolute Gasteiger partial charge is 0.126 e. The highest BCUT2D eigenvalue weighted by molar-refractivity contribution is 5.54. The zero-order chi connectivity index (χ0) is 16.2. The lowest BCUT2D eigenvalue weighted by atomic mass is 9.92. The summed E-state index contributed by atoms with van der Waals surface area (Å²) < 4.78 is 5.17. The molecule has 1 saturated heterocycles. The van der Waals surface area contributed by atoms with Crippen LogP contribution in [0.2, 0.25) is 0 Å². The minimum absolute atomic E-state index is 0.509. The molecule has 6 nitrogen and oxygen atoms in total. The van der Waals surface area contributed by atoms with Crippen LogP contribution in [0.4, 0.5) is 0 Å². The average Bonchev–Trinajstić information content (AvgIpc) is 2.99. The zero-order valence-corrected chi connectivity index (χ0v) is 14.2. The van der Waals surface area contributed by atoms with E-state index in [1.54, 1.807) is 7.11 Å². The van der Waals surface area contributed by atoms with Crippen molar-refractivity contribution in [1.82, 2.24) is 25.1 Å². The summed E-state index contributed by atoms with van der Waals surface area (Å²) in [6.07, 6.45) is 2.28. The number of hydrogen-bond acceptors (Lipinski definition) is 5. The molecule has 6 heteroatoms. The van der Waals surface area contributed by atoms with Crippen molar-refractivity contribution in [1.29, 1.82) is 0 Å². The third-order valence-corrected chi connectivity index (χ3v) is 4.44. The Balaban J connectivity index is 1.72. The quantitative estimate of drug-likeness (QED) is 0.917. The number of H-pyrrole nitrogens is 1. The van der Waals surface area contributed by atoms with Gasteiger partial charge in [-0.25, -0.2) is 9.97 Å². The number of likely N-dealkylation sites (tertiary alicyclic amines) is 1. The first-order valence-corrected chi connectivity index (χ1v) is 8.25. The molecule has 0 bridgehead atoms. The van der Waals surface area contributed by atoms with Crippen LogP contribution < -0.4 is 0 Å². The first kappa shape index (κ1) is 16.1. The van der Waals surface area contributed by atoms with Crippen molar-refractivity contribution >= 4 is 0 Å². The predicted molar refractivity (Wildman–Crippen MR) is 89.4 cm³/mol. The number of methoxy groups -OCH3 is 1. The van der Waals surface area contributed by atoms with Gasteiger partial charge in [-0.15, -0.1) is 0 Å². The Morgan fingerprint density at radius 3 is 2.61 bits per heavy atom. The molecule has 23 heavy (non-hydrogen) atoms. The number of aryl methyl sites for hydroxylation is 2. The van der Waals surface area contributed by atoms with Gasteiger partial charge in [0, 0.05) is 31.0 Å². The lowest BCUT2D eigenvalue weighted by molar-refractivity contribution is 0.130. The molecule has 0 aromatic carbocycles. The first-order chi connectivity index (χ1) is 11.2. The second-order valence-electron chi connectivity index (χ2n) is 6.27. The van der Waals surface area contributed by atoms with E-state index in [9.17, 15) is 0 Å². The number of rotatable bonds is 5. The van der Waals surface area contributed by atoms with Crippen molar-refractivity contribution in [3.63, 3.8) is 0 Å². The van der Waals surface area contributed by atoms with Crippen LogP contribution in [0.1, 0.15) is 36.0 Å². The van der Waals surface area contributed by atoms with E-state index in [1.165, 1.54) is 0 Å². The van der Waals surface area contributed by atoms with Gasteiger partial charge in [-0.3, -0.25) is 5.10 Å². The number of ether oxygens (including phenoxy) is 1. The van der Waals surface area contributed by atoms with Crippen LogP contribution >= 0.6 is 0 Å². The van der Waals surface area contributed by atoms with Crippen LogP contribution in [0.25, 0.3) is 11.4 Å². The van der Waals surface area contributed by atoms with Gasteiger partial charge in [0.25, 0.3) is 0 Å². The molecule has 0 unspecified atom stereocenters. The fraction of sp³-hybridized carbons (Fsp3) is 0.588. The predicted octanol–water partition coefficient (Wildman–Crippen LogP) is 2.31. The lowest BCUT2D eigenvalue weighted by Crippen LogP contribution is -2.35. The third-order valence-electron chi connectivity index (χ3n) is 4.44. The van der Waals surface area contributed by atoms with Crippen LogP contribution in [-0.4, -0.2) is 58.4 Å². The molecule has 3 heterocycles. The number of hydrogen-bond donors (Lipinski definition) is 1. The van der Waals surface area contributed by atoms with Crippen LogP contribution in [-0.2, 0) is 4.74 Å². The van der Waals surface area contributed by atoms with Crippen molar-refractivity contribution in [3.8, 4) is 11.4 Å². The topological polar surface area (TPSA) is 66.9 Å². The highest BCUT2D eigenvalue weighted by atomic mass is 16.5. The molecule has 1 fully saturated rings. The number of aromatic nitrogens is 4. The van der Waals surface area contributed by atoms with E-state index in [1.807, 2.05) is 19.9 Å². The van der Waals surface area contributed by atoms with Gasteiger partial charge < -0.3 is 9.64 Å². The molecule has 2 aromatic heterocycles. The van der Waals surface area contributed by atoms with Crippen LogP contribution in [0.3, 0.4) is 0 Å². The SMILES string of the molecule is COCCN1CCC(c2cc(-c3cc(C)[nH]n3)nc(C)n2)CC1. The molecule has 1 aliphatic rings. The summed E-state index contributed by atoms with van der Waals surface area (Å²) in [4.78, 5) is 11.7. The van der Waals surface area contributed by atoms with Crippen molar-refractivity contribution < 1.29 is 4.74 Å². The van der Waals surface area contributed by atoms with Gasteiger partial charge >= 0.3 is 0 Å². The number of piperidine rings is 1. The van der Waals surface area contributed by atoms with Gasteiger partial charge in [0.15, 0.2) is 0 Å². The summed E-state index contributed by atoms with van der Waals surface area (Å²) in [5.74, 6) is 1.33. The molecule has 3 rings (SSSR count). The van der Waals surface area contributed by atoms with Crippen LogP contribution in [0.15, 0.2) is 12.1 Å². The van der Waals surface area contributed by atoms with Gasteiger partial charge in [0.05, 0.1) is 12.3 Å². The number of aromatic amines is 1. The third kappa shape index (κ3) is 3.95. The molecule has 124 valence electrons. The second kappa shape index (κ2) is 7.19. The van der Waals surface area contributed by atoms with E-state index < -0.39 is 0 Å². The maximum atomic E-state index is 5.17. The summed E-state index contributed by atoms with van der Waals surface area (Å²) in [7, 11) is 1.76. The number of nitrogens with zero attached hydrogens (tertiary/aromatic N) is 4. The largest absolute Gasteiger partial charge is 0.383 e. The average molecular weight is 315 g/mol. The molecule has 0 radical (unpaired) electrons. The summed E-state index contributed by atoms with van der Waals surface area (Å²) >= 11 is 0. The highest BCUT2D eigenvalue weighted by Crippen LogP contribution is 2.28. The van der Waals surface area contributed by atoms with E-state index in [4.69, 9.17) is 4.74 Å². The van der Waals surface area contributed by atoms with Gasteiger partial charge in [-0.1, -0.05) is 0 Å². The molecule has 0 spiro atoms. The molecular weight excluding hydrogens is 290 g/mol. The molecule has 1 aliphatic heterocycles. The van der Waals surface area contributed by atoms with Crippen molar-refractivity contribution in [2.75, 3.05) is 33.4 Å². The van der Waals surface area contributed by atoms with Crippen molar-refractivity contribution in [2.45, 2.75) is 32.6 Å². The number of nitrogens with one attached hydrogen (secondary N) is 1. The summed E-state index contributed by atoms with van der Waals surface area (Å²) in [6.45, 7) is 7.99. The monoisotopic (exact) mass is 315 g/mol. The normalized spacial score (nSPS) is 16.8. The van der Waals surface area contributed by atoms with E-state index in [0.717, 1.165) is 67.7 Å². The second-order valence-corrected chi connectivity index (χ2v) is 6.27. The Kier molecular flexibility index (Phi) is 5.03. The van der Waals surface area contributed by atoms with E-state index >= 15 is 0 Å². The van der Waals surface area contributed by atoms with Gasteiger partial charge in [-0.05, 0) is 51.9 Å². The molecule has 0 aliphatic carbocycles. The van der Waals surface area contributed by atoms with Gasteiger partial charge in [-0.2, -0.15) is 5.10 Å². The first-order valence-electron chi connectivity index (χ1n) is 8.25. The minimum Gasteiger partial charge on any atom is -0.383 e. The van der Waals surface area contributed by atoms with Crippen LogP contribution in [0.5, 0.6) is 0 Å². The molecule has 1 N–H and O–H groups in total. The maximum Gasteiger partial charge on any atom is 0.126 e. The Labute approximate surface area is 137 Å². The van der Waals surface area contributed by atoms with Gasteiger partial charge in [0.1, 0.15) is 11.5 Å². The Bertz CT molecular complexity index is 646. The summed E-state index contributed by atoms with van der Waals surface area (Å²) in [5, 5.41) is 7.30. The molecule has 2 aromatic rings. The Morgan fingerprint density at radius 1 is 1.17 bits per heavy atom. The molecular formula is C17H25N5O. The van der Waals surface area contributed by atoms with Gasteiger partial charge in [0.2, 0.25) is 0 Å². The standard InChI is InChI=1S/C17H25N5O/c1-12-10-17(21-20-12)16-11-15(18-13(2)19-16)14-4-6-22(7-5-14)8-9-23-3/h10-11,14H,4-9H2,1-3H3,(H,20,21). The molecule has 0 atom stereocenters. The van der Waals surface area contributed by atoms with E-state index in [-0.39, 0.29) is 0 Å². The summed E-state index contributed by atoms with van der Waals surface area (Å²) in [5.41, 5.74) is 4.01. The molecule has 0 amide bonds.